The van der Waals surface area contributed by atoms with Gasteiger partial charge in [0.25, 0.3) is 0 Å². The zero-order valence-electron chi connectivity index (χ0n) is 17.4. The number of aliphatic hydroxyl groups is 1. The van der Waals surface area contributed by atoms with Crippen LogP contribution in [0.25, 0.3) is 0 Å². The fourth-order valence-corrected chi connectivity index (χ4v) is 3.25. The average molecular weight is 629 g/mol. The summed E-state index contributed by atoms with van der Waals surface area (Å²) in [6.07, 6.45) is -0.642. The molecule has 2 unspecified atom stereocenters. The van der Waals surface area contributed by atoms with Crippen LogP contribution in [0.3, 0.4) is 0 Å². The molecule has 0 spiro atoms. The Morgan fingerprint density at radius 1 is 0.774 bits per heavy atom. The Morgan fingerprint density at radius 2 is 1.29 bits per heavy atom. The van der Waals surface area contributed by atoms with Gasteiger partial charge >= 0.3 is 0 Å². The molecule has 2 atom stereocenters. The Morgan fingerprint density at radius 3 is 1.84 bits per heavy atom. The van der Waals surface area contributed by atoms with Crippen LogP contribution < -0.4 is 0 Å². The second-order valence-corrected chi connectivity index (χ2v) is 7.06. The molecule has 5 nitrogen and oxygen atoms in total. The van der Waals surface area contributed by atoms with E-state index in [1.807, 2.05) is 102 Å². The van der Waals surface area contributed by atoms with Crippen molar-refractivity contribution in [3.8, 4) is 6.07 Å². The third kappa shape index (κ3) is 8.83. The van der Waals surface area contributed by atoms with Gasteiger partial charge in [-0.1, -0.05) is 91.0 Å². The number of benzene rings is 3. The number of nitrogens with zero attached hydrogens (tertiary/aromatic N) is 2. The number of aliphatic hydroxyl groups excluding tert-OH is 1. The minimum absolute atomic E-state index is 0. The van der Waals surface area contributed by atoms with Gasteiger partial charge in [-0.15, -0.1) is 0 Å². The molecule has 0 saturated heterocycles. The van der Waals surface area contributed by atoms with Crippen LogP contribution in [0.2, 0.25) is 0 Å². The van der Waals surface area contributed by atoms with E-state index < -0.39 is 12.1 Å². The van der Waals surface area contributed by atoms with Crippen molar-refractivity contribution in [3.63, 3.8) is 0 Å². The Hall–Kier alpha value is -1.57. The maximum Gasteiger partial charge on any atom is 0.156 e. The van der Waals surface area contributed by atoms with Crippen LogP contribution in [0.5, 0.6) is 0 Å². The summed E-state index contributed by atoms with van der Waals surface area (Å²) in [5.74, 6) is 0. The molecule has 157 valence electrons. The van der Waals surface area contributed by atoms with E-state index in [-0.39, 0.29) is 50.8 Å². The molecule has 0 aliphatic heterocycles. The molecule has 1 radical (unpaired) electrons. The summed E-state index contributed by atoms with van der Waals surface area (Å²) < 4.78 is 0. The summed E-state index contributed by atoms with van der Waals surface area (Å²) in [6, 6.07) is 31.0. The summed E-state index contributed by atoms with van der Waals surface area (Å²) in [4.78, 5) is 12.8. The summed E-state index contributed by atoms with van der Waals surface area (Å²) in [5.41, 5.74) is 3.11. The first-order valence-electron chi connectivity index (χ1n) is 9.94. The minimum Gasteiger partial charge on any atom is -0.376 e. The Kier molecular flexibility index (Phi) is 12.0. The molecule has 0 heterocycles. The van der Waals surface area contributed by atoms with Crippen LogP contribution in [-0.4, -0.2) is 28.9 Å². The first-order valence-corrected chi connectivity index (χ1v) is 9.94. The van der Waals surface area contributed by atoms with Crippen LogP contribution in [0.4, 0.5) is 0 Å². The van der Waals surface area contributed by atoms with Crippen LogP contribution in [0, 0.1) is 55.4 Å². The van der Waals surface area contributed by atoms with Crippen molar-refractivity contribution in [1.82, 2.24) is 4.90 Å². The second kappa shape index (κ2) is 14.5. The van der Waals surface area contributed by atoms with Gasteiger partial charge in [-0.25, -0.2) is 9.78 Å². The normalized spacial score (nSPS) is 12.5. The smallest absolute Gasteiger partial charge is 0.156 e. The number of hydrogen-bond donors (Lipinski definition) is 1. The van der Waals surface area contributed by atoms with Crippen molar-refractivity contribution in [2.45, 2.75) is 31.7 Å². The van der Waals surface area contributed by atoms with Gasteiger partial charge in [-0.05, 0) is 23.1 Å². The van der Waals surface area contributed by atoms with Crippen LogP contribution in [0.15, 0.2) is 91.0 Å². The topological polar surface area (TPSA) is 65.7 Å². The van der Waals surface area contributed by atoms with Crippen LogP contribution in [-0.2, 0) is 29.3 Å². The fraction of sp³-hybridized carbons (Fsp3) is 0.240. The van der Waals surface area contributed by atoms with E-state index in [1.54, 1.807) is 0 Å². The summed E-state index contributed by atoms with van der Waals surface area (Å²) in [5, 5.41) is 19.9. The van der Waals surface area contributed by atoms with Gasteiger partial charge < -0.3 is 5.11 Å². The van der Waals surface area contributed by atoms with E-state index in [2.05, 4.69) is 0 Å². The van der Waals surface area contributed by atoms with Crippen molar-refractivity contribution in [2.24, 2.45) is 0 Å². The number of nitriles is 1. The first-order chi connectivity index (χ1) is 14.8. The SMILES string of the molecule is N#CC(O)C(Cc1ccccc1)N(COOCc1ccccc1)Cc1ccccc1.[Ac]. The van der Waals surface area contributed by atoms with E-state index in [9.17, 15) is 10.4 Å². The monoisotopic (exact) mass is 629 g/mol. The predicted molar refractivity (Wildman–Crippen MR) is 115 cm³/mol. The number of hydrogen-bond acceptors (Lipinski definition) is 5. The van der Waals surface area contributed by atoms with Crippen LogP contribution in [0.1, 0.15) is 16.7 Å². The molecular formula is C25H26AcN2O3. The van der Waals surface area contributed by atoms with Crippen molar-refractivity contribution >= 4 is 0 Å². The maximum atomic E-state index is 10.5. The summed E-state index contributed by atoms with van der Waals surface area (Å²) >= 11 is 0. The maximum absolute atomic E-state index is 10.5. The molecule has 3 aromatic rings. The molecule has 0 aromatic heterocycles. The van der Waals surface area contributed by atoms with Gasteiger partial charge in [0, 0.05) is 50.6 Å². The molecule has 0 aliphatic rings. The van der Waals surface area contributed by atoms with Gasteiger partial charge in [0.15, 0.2) is 6.10 Å². The minimum atomic E-state index is -1.16. The van der Waals surface area contributed by atoms with Crippen LogP contribution >= 0.6 is 0 Å². The fourth-order valence-electron chi connectivity index (χ4n) is 3.25. The molecular weight excluding hydrogens is 603 g/mol. The van der Waals surface area contributed by atoms with Gasteiger partial charge in [0.1, 0.15) is 13.3 Å². The van der Waals surface area contributed by atoms with Gasteiger partial charge in [0.2, 0.25) is 0 Å². The first kappa shape index (κ1) is 25.7. The zero-order chi connectivity index (χ0) is 21.0. The van der Waals surface area contributed by atoms with Crippen molar-refractivity contribution < 1.29 is 58.9 Å². The van der Waals surface area contributed by atoms with Crippen molar-refractivity contribution in [2.75, 3.05) is 6.73 Å². The average Bonchev–Trinajstić information content (AvgIpc) is 2.81. The molecule has 0 saturated carbocycles. The Labute approximate surface area is 219 Å². The molecule has 0 fully saturated rings. The summed E-state index contributed by atoms with van der Waals surface area (Å²) in [6.45, 7) is 0.966. The predicted octanol–water partition coefficient (Wildman–Crippen LogP) is 4.09. The van der Waals surface area contributed by atoms with E-state index in [4.69, 9.17) is 9.78 Å². The molecule has 3 rings (SSSR count). The zero-order valence-corrected chi connectivity index (χ0v) is 22.1. The van der Waals surface area contributed by atoms with E-state index in [0.717, 1.165) is 16.7 Å². The quantitative estimate of drug-likeness (QED) is 0.114. The van der Waals surface area contributed by atoms with Gasteiger partial charge in [0.05, 0.1) is 12.1 Å². The van der Waals surface area contributed by atoms with E-state index >= 15 is 0 Å². The molecule has 3 aromatic carbocycles. The third-order valence-electron chi connectivity index (χ3n) is 4.85. The van der Waals surface area contributed by atoms with Gasteiger partial charge in [-0.3, -0.25) is 4.90 Å². The Bertz CT molecular complexity index is 904. The van der Waals surface area contributed by atoms with Gasteiger partial charge in [-0.2, -0.15) is 5.26 Å². The van der Waals surface area contributed by atoms with E-state index in [1.165, 1.54) is 0 Å². The standard InChI is InChI=1S/C25H26N2O3.Ac/c26-17-25(28)24(16-21-10-4-1-5-11-21)27(18-22-12-6-2-7-13-22)20-30-29-19-23-14-8-3-9-15-23;/h1-15,24-25,28H,16,18-20H2;. The van der Waals surface area contributed by atoms with Crippen molar-refractivity contribution in [3.05, 3.63) is 108 Å². The molecule has 1 N–H and O–H groups in total. The number of rotatable bonds is 11. The molecule has 31 heavy (non-hydrogen) atoms. The largest absolute Gasteiger partial charge is 0.376 e. The molecule has 6 heteroatoms. The van der Waals surface area contributed by atoms with E-state index in [0.29, 0.717) is 19.6 Å². The Balaban J connectivity index is 0.00000341. The second-order valence-electron chi connectivity index (χ2n) is 7.06. The van der Waals surface area contributed by atoms with Crippen molar-refractivity contribution in [1.29, 1.82) is 5.26 Å². The summed E-state index contributed by atoms with van der Waals surface area (Å²) in [7, 11) is 0. The molecule has 0 amide bonds. The molecule has 0 bridgehead atoms. The molecule has 0 aliphatic carbocycles. The third-order valence-corrected chi connectivity index (χ3v) is 4.85.